The van der Waals surface area contributed by atoms with Gasteiger partial charge in [0.15, 0.2) is 5.69 Å². The quantitative estimate of drug-likeness (QED) is 0.723. The third-order valence-corrected chi connectivity index (χ3v) is 3.02. The number of nitrogens with one attached hydrogen (secondary N) is 2. The van der Waals surface area contributed by atoms with Gasteiger partial charge in [-0.15, -0.1) is 5.11 Å². The molecule has 0 aliphatic heterocycles. The molecule has 0 aliphatic rings. The second-order valence-electron chi connectivity index (χ2n) is 4.45. The lowest BCUT2D eigenvalue weighted by molar-refractivity contribution is 0.415. The van der Waals surface area contributed by atoms with Gasteiger partial charge in [0.2, 0.25) is 0 Å². The summed E-state index contributed by atoms with van der Waals surface area (Å²) in [6.07, 6.45) is 3.30. The fraction of sp³-hybridized carbons (Fsp3) is 0.0667. The van der Waals surface area contributed by atoms with Crippen LogP contribution in [0.25, 0.3) is 11.3 Å². The topological polar surface area (TPSA) is 95.5 Å². The van der Waals surface area contributed by atoms with Crippen molar-refractivity contribution in [1.82, 2.24) is 15.2 Å². The molecule has 1 aromatic carbocycles. The molecule has 2 N–H and O–H groups in total. The van der Waals surface area contributed by atoms with Crippen molar-refractivity contribution in [3.8, 4) is 17.0 Å². The number of benzene rings is 1. The standard InChI is InChI=1S/C15H13N5O2/c1-22-12-6-2-5-11(8-12)17-19-14-13(18-20-15(14)21)10-4-3-7-16-9-10/h2-9H,1H3,(H2,18,20,21). The molecule has 0 saturated carbocycles. The molecule has 0 radical (unpaired) electrons. The highest BCUT2D eigenvalue weighted by molar-refractivity contribution is 5.70. The third-order valence-electron chi connectivity index (χ3n) is 3.02. The number of hydrogen-bond acceptors (Lipinski definition) is 5. The van der Waals surface area contributed by atoms with Gasteiger partial charge in [-0.1, -0.05) is 6.07 Å². The largest absolute Gasteiger partial charge is 0.497 e. The van der Waals surface area contributed by atoms with Crippen molar-refractivity contribution in [3.05, 3.63) is 59.1 Å². The minimum Gasteiger partial charge on any atom is -0.497 e. The summed E-state index contributed by atoms with van der Waals surface area (Å²) in [6.45, 7) is 0. The van der Waals surface area contributed by atoms with Crippen LogP contribution in [0.15, 0.2) is 63.8 Å². The molecule has 0 fully saturated rings. The van der Waals surface area contributed by atoms with E-state index in [-0.39, 0.29) is 11.2 Å². The van der Waals surface area contributed by atoms with Crippen LogP contribution in [0.4, 0.5) is 11.4 Å². The first-order valence-electron chi connectivity index (χ1n) is 6.55. The molecule has 3 aromatic rings. The van der Waals surface area contributed by atoms with Gasteiger partial charge in [0.25, 0.3) is 5.56 Å². The van der Waals surface area contributed by atoms with E-state index in [9.17, 15) is 4.79 Å². The second kappa shape index (κ2) is 6.04. The number of methoxy groups -OCH3 is 1. The van der Waals surface area contributed by atoms with Crippen LogP contribution in [-0.2, 0) is 0 Å². The lowest BCUT2D eigenvalue weighted by Gasteiger charge is -1.99. The first-order valence-corrected chi connectivity index (χ1v) is 6.55. The van der Waals surface area contributed by atoms with Crippen LogP contribution < -0.4 is 10.3 Å². The Morgan fingerprint density at radius 1 is 1.14 bits per heavy atom. The van der Waals surface area contributed by atoms with Gasteiger partial charge < -0.3 is 4.74 Å². The van der Waals surface area contributed by atoms with Crippen LogP contribution in [0.1, 0.15) is 0 Å². The molecule has 7 heteroatoms. The molecule has 0 bridgehead atoms. The normalized spacial score (nSPS) is 11.0. The Labute approximate surface area is 125 Å². The monoisotopic (exact) mass is 295 g/mol. The van der Waals surface area contributed by atoms with Crippen LogP contribution >= 0.6 is 0 Å². The van der Waals surface area contributed by atoms with Gasteiger partial charge >= 0.3 is 0 Å². The van der Waals surface area contributed by atoms with Gasteiger partial charge in [-0.25, -0.2) is 0 Å². The zero-order valence-electron chi connectivity index (χ0n) is 11.8. The van der Waals surface area contributed by atoms with E-state index >= 15 is 0 Å². The number of H-pyrrole nitrogens is 2. The maximum atomic E-state index is 11.9. The first kappa shape index (κ1) is 13.7. The van der Waals surface area contributed by atoms with E-state index in [0.29, 0.717) is 17.1 Å². The third kappa shape index (κ3) is 2.78. The number of aromatic amines is 2. The SMILES string of the molecule is COc1cccc(N=Nc2c(-c3cccnc3)[nH][nH]c2=O)c1. The Kier molecular flexibility index (Phi) is 3.78. The van der Waals surface area contributed by atoms with Crippen molar-refractivity contribution in [3.63, 3.8) is 0 Å². The number of rotatable bonds is 4. The van der Waals surface area contributed by atoms with Crippen molar-refractivity contribution >= 4 is 11.4 Å². The molecule has 2 aromatic heterocycles. The maximum Gasteiger partial charge on any atom is 0.292 e. The molecule has 0 saturated heterocycles. The van der Waals surface area contributed by atoms with E-state index in [1.165, 1.54) is 0 Å². The first-order chi connectivity index (χ1) is 10.8. The van der Waals surface area contributed by atoms with Gasteiger partial charge in [-0.05, 0) is 24.3 Å². The van der Waals surface area contributed by atoms with E-state index in [0.717, 1.165) is 5.56 Å². The smallest absolute Gasteiger partial charge is 0.292 e. The summed E-state index contributed by atoms with van der Waals surface area (Å²) >= 11 is 0. The van der Waals surface area contributed by atoms with Crippen molar-refractivity contribution in [2.75, 3.05) is 7.11 Å². The number of ether oxygens (including phenoxy) is 1. The Morgan fingerprint density at radius 2 is 2.05 bits per heavy atom. The van der Waals surface area contributed by atoms with E-state index < -0.39 is 0 Å². The number of nitrogens with zero attached hydrogens (tertiary/aromatic N) is 3. The van der Waals surface area contributed by atoms with Crippen LogP contribution in [0.3, 0.4) is 0 Å². The molecule has 7 nitrogen and oxygen atoms in total. The zero-order chi connectivity index (χ0) is 15.4. The lowest BCUT2D eigenvalue weighted by atomic mass is 10.2. The number of aromatic nitrogens is 3. The predicted molar refractivity (Wildman–Crippen MR) is 81.8 cm³/mol. The summed E-state index contributed by atoms with van der Waals surface area (Å²) in [5.74, 6) is 0.673. The van der Waals surface area contributed by atoms with Gasteiger partial charge in [-0.3, -0.25) is 20.0 Å². The lowest BCUT2D eigenvalue weighted by Crippen LogP contribution is -1.96. The van der Waals surface area contributed by atoms with Gasteiger partial charge in [-0.2, -0.15) is 5.11 Å². The summed E-state index contributed by atoms with van der Waals surface area (Å²) in [7, 11) is 1.58. The number of pyridine rings is 1. The van der Waals surface area contributed by atoms with Crippen molar-refractivity contribution in [2.24, 2.45) is 10.2 Å². The highest BCUT2D eigenvalue weighted by Crippen LogP contribution is 2.26. The van der Waals surface area contributed by atoms with E-state index in [1.54, 1.807) is 43.8 Å². The van der Waals surface area contributed by atoms with Crippen molar-refractivity contribution in [1.29, 1.82) is 0 Å². The Bertz CT molecular complexity index is 852. The fourth-order valence-electron chi connectivity index (χ4n) is 1.95. The minimum absolute atomic E-state index is 0.204. The average Bonchev–Trinajstić information content (AvgIpc) is 2.95. The number of azo groups is 1. The molecular weight excluding hydrogens is 282 g/mol. The highest BCUT2D eigenvalue weighted by atomic mass is 16.5. The molecule has 0 amide bonds. The summed E-state index contributed by atoms with van der Waals surface area (Å²) < 4.78 is 5.12. The fourth-order valence-corrected chi connectivity index (χ4v) is 1.95. The molecule has 2 heterocycles. The van der Waals surface area contributed by atoms with Crippen molar-refractivity contribution < 1.29 is 4.74 Å². The Morgan fingerprint density at radius 3 is 2.82 bits per heavy atom. The Balaban J connectivity index is 1.97. The molecule has 110 valence electrons. The van der Waals surface area contributed by atoms with Crippen LogP contribution in [0.5, 0.6) is 5.75 Å². The second-order valence-corrected chi connectivity index (χ2v) is 4.45. The Hall–Kier alpha value is -3.22. The maximum absolute atomic E-state index is 11.9. The van der Waals surface area contributed by atoms with Crippen LogP contribution in [0.2, 0.25) is 0 Å². The van der Waals surface area contributed by atoms with Gasteiger partial charge in [0, 0.05) is 24.0 Å². The van der Waals surface area contributed by atoms with E-state index in [4.69, 9.17) is 4.74 Å². The molecule has 3 rings (SSSR count). The zero-order valence-corrected chi connectivity index (χ0v) is 11.8. The number of hydrogen-bond donors (Lipinski definition) is 2. The van der Waals surface area contributed by atoms with E-state index in [2.05, 4.69) is 25.4 Å². The van der Waals surface area contributed by atoms with Crippen molar-refractivity contribution in [2.45, 2.75) is 0 Å². The van der Waals surface area contributed by atoms with Crippen LogP contribution in [0, 0.1) is 0 Å². The molecule has 0 unspecified atom stereocenters. The predicted octanol–water partition coefficient (Wildman–Crippen LogP) is 3.19. The molecule has 22 heavy (non-hydrogen) atoms. The highest BCUT2D eigenvalue weighted by Gasteiger charge is 2.11. The van der Waals surface area contributed by atoms with Gasteiger partial charge in [0.05, 0.1) is 18.5 Å². The molecule has 0 aliphatic carbocycles. The van der Waals surface area contributed by atoms with E-state index in [1.807, 2.05) is 12.1 Å². The molecule has 0 atom stereocenters. The summed E-state index contributed by atoms with van der Waals surface area (Å²) in [6, 6.07) is 10.7. The summed E-state index contributed by atoms with van der Waals surface area (Å²) in [5.41, 5.74) is 1.75. The average molecular weight is 295 g/mol. The summed E-state index contributed by atoms with van der Waals surface area (Å²) in [4.78, 5) is 15.9. The molecular formula is C15H13N5O2. The van der Waals surface area contributed by atoms with Gasteiger partial charge in [0.1, 0.15) is 5.75 Å². The minimum atomic E-state index is -0.342. The van der Waals surface area contributed by atoms with Crippen LogP contribution in [-0.4, -0.2) is 22.3 Å². The summed E-state index contributed by atoms with van der Waals surface area (Å²) in [5, 5.41) is 13.4. The molecule has 0 spiro atoms.